The highest BCUT2D eigenvalue weighted by atomic mass is 32.1. The number of esters is 1. The minimum atomic E-state index is -0.323. The fraction of sp³-hybridized carbons (Fsp3) is 0.462. The lowest BCUT2D eigenvalue weighted by atomic mass is 10.2. The lowest BCUT2D eigenvalue weighted by Gasteiger charge is -2.15. The third-order valence-corrected chi connectivity index (χ3v) is 3.63. The number of imidazole rings is 1. The second-order valence-electron chi connectivity index (χ2n) is 4.50. The van der Waals surface area contributed by atoms with E-state index in [4.69, 9.17) is 4.74 Å². The number of rotatable bonds is 6. The third kappa shape index (κ3) is 3.36. The summed E-state index contributed by atoms with van der Waals surface area (Å²) in [6.07, 6.45) is 5.42. The van der Waals surface area contributed by atoms with E-state index in [1.165, 1.54) is 11.5 Å². The number of aryl methyl sites for hydroxylation is 1. The second kappa shape index (κ2) is 6.51. The molecular weight excluding hydrogens is 276 g/mol. The Balaban J connectivity index is 2.07. The number of nitrogens with one attached hydrogen (secondary N) is 1. The number of hydrogen-bond donors (Lipinski definition) is 1. The van der Waals surface area contributed by atoms with Gasteiger partial charge < -0.3 is 14.6 Å². The molecule has 2 aromatic heterocycles. The summed E-state index contributed by atoms with van der Waals surface area (Å²) in [7, 11) is 0. The Kier molecular flexibility index (Phi) is 4.73. The van der Waals surface area contributed by atoms with E-state index in [9.17, 15) is 4.79 Å². The number of carbonyl (C=O) groups is 1. The molecule has 0 fully saturated rings. The van der Waals surface area contributed by atoms with Crippen molar-refractivity contribution in [3.63, 3.8) is 0 Å². The van der Waals surface area contributed by atoms with Crippen molar-refractivity contribution in [1.82, 2.24) is 13.9 Å². The smallest absolute Gasteiger partial charge is 0.343 e. The molecule has 0 amide bonds. The van der Waals surface area contributed by atoms with Crippen molar-refractivity contribution in [2.45, 2.75) is 33.4 Å². The zero-order valence-electron chi connectivity index (χ0n) is 11.8. The molecule has 1 atom stereocenters. The molecule has 1 unspecified atom stereocenters. The number of ether oxygens (including phenoxy) is 1. The van der Waals surface area contributed by atoms with Gasteiger partial charge in [0.05, 0.1) is 18.6 Å². The summed E-state index contributed by atoms with van der Waals surface area (Å²) in [5.41, 5.74) is 1.24. The van der Waals surface area contributed by atoms with Gasteiger partial charge in [-0.1, -0.05) is 0 Å². The molecule has 2 heterocycles. The van der Waals surface area contributed by atoms with Gasteiger partial charge >= 0.3 is 5.97 Å². The monoisotopic (exact) mass is 294 g/mol. The summed E-state index contributed by atoms with van der Waals surface area (Å²) in [4.78, 5) is 15.9. The lowest BCUT2D eigenvalue weighted by Crippen LogP contribution is -2.22. The van der Waals surface area contributed by atoms with Gasteiger partial charge in [-0.05, 0) is 32.3 Å². The van der Waals surface area contributed by atoms with E-state index in [0.29, 0.717) is 17.9 Å². The van der Waals surface area contributed by atoms with E-state index in [1.54, 1.807) is 19.4 Å². The average Bonchev–Trinajstić information content (AvgIpc) is 3.00. The molecule has 2 rings (SSSR count). The fourth-order valence-corrected chi connectivity index (χ4v) is 2.79. The lowest BCUT2D eigenvalue weighted by molar-refractivity contribution is 0.0527. The van der Waals surface area contributed by atoms with Gasteiger partial charge in [-0.3, -0.25) is 0 Å². The van der Waals surface area contributed by atoms with Crippen LogP contribution in [0.5, 0.6) is 0 Å². The van der Waals surface area contributed by atoms with Crippen molar-refractivity contribution in [1.29, 1.82) is 0 Å². The van der Waals surface area contributed by atoms with E-state index in [0.717, 1.165) is 11.5 Å². The summed E-state index contributed by atoms with van der Waals surface area (Å²) >= 11 is 1.28. The minimum Gasteiger partial charge on any atom is -0.462 e. The van der Waals surface area contributed by atoms with Crippen LogP contribution in [0.2, 0.25) is 0 Å². The van der Waals surface area contributed by atoms with Crippen molar-refractivity contribution >= 4 is 22.5 Å². The number of aromatic nitrogens is 3. The molecule has 20 heavy (non-hydrogen) atoms. The normalized spacial score (nSPS) is 12.2. The summed E-state index contributed by atoms with van der Waals surface area (Å²) in [5.74, 6) is -0.323. The first-order valence-electron chi connectivity index (χ1n) is 6.47. The highest BCUT2D eigenvalue weighted by Gasteiger charge is 2.20. The third-order valence-electron chi connectivity index (χ3n) is 2.76. The molecule has 0 saturated heterocycles. The summed E-state index contributed by atoms with van der Waals surface area (Å²) in [5, 5.41) is 4.07. The van der Waals surface area contributed by atoms with Crippen LogP contribution < -0.4 is 5.32 Å². The summed E-state index contributed by atoms with van der Waals surface area (Å²) in [6.45, 7) is 6.78. The Morgan fingerprint density at radius 2 is 2.40 bits per heavy atom. The largest absolute Gasteiger partial charge is 0.462 e. The predicted octanol–water partition coefficient (Wildman–Crippen LogP) is 2.33. The van der Waals surface area contributed by atoms with Crippen LogP contribution >= 0.6 is 11.5 Å². The van der Waals surface area contributed by atoms with Gasteiger partial charge in [0, 0.05) is 25.0 Å². The van der Waals surface area contributed by atoms with Crippen LogP contribution in [0.3, 0.4) is 0 Å². The Bertz CT molecular complexity index is 565. The van der Waals surface area contributed by atoms with Crippen LogP contribution in [-0.4, -0.2) is 32.5 Å². The average molecular weight is 294 g/mol. The molecule has 0 aromatic carbocycles. The maximum Gasteiger partial charge on any atom is 0.343 e. The first-order valence-corrected chi connectivity index (χ1v) is 7.24. The molecular formula is C13H18N4O2S. The van der Waals surface area contributed by atoms with E-state index in [2.05, 4.69) is 14.7 Å². The molecule has 2 aromatic rings. The maximum absolute atomic E-state index is 11.9. The molecule has 0 bridgehead atoms. The molecule has 0 aliphatic heterocycles. The van der Waals surface area contributed by atoms with Crippen molar-refractivity contribution in [3.05, 3.63) is 30.0 Å². The van der Waals surface area contributed by atoms with Crippen molar-refractivity contribution in [2.24, 2.45) is 0 Å². The fourth-order valence-electron chi connectivity index (χ4n) is 1.89. The highest BCUT2D eigenvalue weighted by molar-refractivity contribution is 7.10. The second-order valence-corrected chi connectivity index (χ2v) is 5.27. The molecule has 108 valence electrons. The molecule has 1 N–H and O–H groups in total. The van der Waals surface area contributed by atoms with Crippen LogP contribution in [0.1, 0.15) is 29.9 Å². The van der Waals surface area contributed by atoms with Crippen molar-refractivity contribution in [3.8, 4) is 0 Å². The van der Waals surface area contributed by atoms with Crippen molar-refractivity contribution in [2.75, 3.05) is 11.9 Å². The van der Waals surface area contributed by atoms with Gasteiger partial charge in [-0.15, -0.1) is 0 Å². The highest BCUT2D eigenvalue weighted by Crippen LogP contribution is 2.26. The van der Waals surface area contributed by atoms with Gasteiger partial charge in [0.1, 0.15) is 10.6 Å². The standard InChI is InChI=1S/C13H18N4O2S/c1-4-19-13(18)11-10(3)16-20-12(11)15-9(2)7-17-6-5-14-8-17/h5-6,8-9,15H,4,7H2,1-3H3. The number of anilines is 1. The summed E-state index contributed by atoms with van der Waals surface area (Å²) < 4.78 is 11.3. The Morgan fingerprint density at radius 3 is 3.05 bits per heavy atom. The predicted molar refractivity (Wildman–Crippen MR) is 78.1 cm³/mol. The van der Waals surface area contributed by atoms with E-state index in [-0.39, 0.29) is 12.0 Å². The van der Waals surface area contributed by atoms with Gasteiger partial charge in [-0.25, -0.2) is 9.78 Å². The van der Waals surface area contributed by atoms with Crippen LogP contribution in [-0.2, 0) is 11.3 Å². The Hall–Kier alpha value is -1.89. The van der Waals surface area contributed by atoms with E-state index in [1.807, 2.05) is 24.6 Å². The zero-order chi connectivity index (χ0) is 14.5. The molecule has 6 nitrogen and oxygen atoms in total. The van der Waals surface area contributed by atoms with Gasteiger partial charge in [0.25, 0.3) is 0 Å². The summed E-state index contributed by atoms with van der Waals surface area (Å²) in [6, 6.07) is 0.150. The van der Waals surface area contributed by atoms with E-state index >= 15 is 0 Å². The minimum absolute atomic E-state index is 0.150. The topological polar surface area (TPSA) is 69.0 Å². The number of carbonyl (C=O) groups excluding carboxylic acids is 1. The Morgan fingerprint density at radius 1 is 1.60 bits per heavy atom. The molecule has 0 radical (unpaired) electrons. The Labute approximate surface area is 122 Å². The van der Waals surface area contributed by atoms with Gasteiger partial charge in [0.15, 0.2) is 0 Å². The number of hydrogen-bond acceptors (Lipinski definition) is 6. The molecule has 0 aliphatic rings. The van der Waals surface area contributed by atoms with Gasteiger partial charge in [0.2, 0.25) is 0 Å². The molecule has 0 spiro atoms. The zero-order valence-corrected chi connectivity index (χ0v) is 12.6. The SMILES string of the molecule is CCOC(=O)c1c(C)nsc1NC(C)Cn1ccnc1. The van der Waals surface area contributed by atoms with Gasteiger partial charge in [-0.2, -0.15) is 4.37 Å². The number of nitrogens with zero attached hydrogens (tertiary/aromatic N) is 3. The van der Waals surface area contributed by atoms with Crippen molar-refractivity contribution < 1.29 is 9.53 Å². The van der Waals surface area contributed by atoms with Crippen LogP contribution in [0.4, 0.5) is 5.00 Å². The molecule has 0 saturated carbocycles. The van der Waals surface area contributed by atoms with Crippen LogP contribution in [0.25, 0.3) is 0 Å². The molecule has 0 aliphatic carbocycles. The van der Waals surface area contributed by atoms with E-state index < -0.39 is 0 Å². The maximum atomic E-state index is 11.9. The molecule has 7 heteroatoms. The first kappa shape index (κ1) is 14.5. The van der Waals surface area contributed by atoms with Crippen LogP contribution in [0.15, 0.2) is 18.7 Å². The van der Waals surface area contributed by atoms with Crippen LogP contribution in [0, 0.1) is 6.92 Å². The quantitative estimate of drug-likeness (QED) is 0.828. The first-order chi connectivity index (χ1) is 9.61.